The summed E-state index contributed by atoms with van der Waals surface area (Å²) in [6.45, 7) is 2.32. The highest BCUT2D eigenvalue weighted by atomic mass is 15.2. The Bertz CT molecular complexity index is 636. The molecule has 0 aliphatic heterocycles. The van der Waals surface area contributed by atoms with Crippen LogP contribution in [0, 0.1) is 0 Å². The molecule has 0 N–H and O–H groups in total. The summed E-state index contributed by atoms with van der Waals surface area (Å²) < 4.78 is 5.90. The minimum Gasteiger partial charge on any atom is -0.340 e. The molecule has 3 aromatic heterocycles. The van der Waals surface area contributed by atoms with Crippen molar-refractivity contribution >= 4 is 0 Å². The summed E-state index contributed by atoms with van der Waals surface area (Å²) in [5, 5.41) is 0. The first kappa shape index (κ1) is 14.5. The van der Waals surface area contributed by atoms with Gasteiger partial charge in [0.2, 0.25) is 0 Å². The van der Waals surface area contributed by atoms with Gasteiger partial charge in [0, 0.05) is 59.4 Å². The van der Waals surface area contributed by atoms with Gasteiger partial charge in [-0.05, 0) is 0 Å². The second kappa shape index (κ2) is 6.15. The van der Waals surface area contributed by atoms with Crippen LogP contribution in [0.4, 0.5) is 0 Å². The number of aromatic nitrogens is 6. The Morgan fingerprint density at radius 1 is 0.682 bits per heavy atom. The maximum atomic E-state index is 4.42. The van der Waals surface area contributed by atoms with Crippen molar-refractivity contribution in [2.45, 2.75) is 19.6 Å². The van der Waals surface area contributed by atoms with Crippen LogP contribution in [0.2, 0.25) is 0 Å². The lowest BCUT2D eigenvalue weighted by molar-refractivity contribution is 0.239. The standard InChI is InChI=1S/C15H21N7/c1-19-4-13(16-10-19)7-22(8-14-5-20(2)11-17-14)9-15-6-21(3)12-18-15/h4-6,10-12H,7-9H2,1-3H3. The Balaban J connectivity index is 1.74. The molecule has 0 aliphatic carbocycles. The van der Waals surface area contributed by atoms with Gasteiger partial charge in [0.1, 0.15) is 0 Å². The molecule has 3 heterocycles. The summed E-state index contributed by atoms with van der Waals surface area (Å²) in [7, 11) is 5.95. The maximum Gasteiger partial charge on any atom is 0.0947 e. The summed E-state index contributed by atoms with van der Waals surface area (Å²) >= 11 is 0. The molecule has 0 saturated heterocycles. The van der Waals surface area contributed by atoms with Gasteiger partial charge in [0.05, 0.1) is 36.1 Å². The lowest BCUT2D eigenvalue weighted by Crippen LogP contribution is -2.23. The number of imidazole rings is 3. The van der Waals surface area contributed by atoms with Crippen LogP contribution >= 0.6 is 0 Å². The van der Waals surface area contributed by atoms with Gasteiger partial charge in [-0.25, -0.2) is 15.0 Å². The molecule has 0 radical (unpaired) electrons. The van der Waals surface area contributed by atoms with Crippen molar-refractivity contribution in [3.8, 4) is 0 Å². The smallest absolute Gasteiger partial charge is 0.0947 e. The van der Waals surface area contributed by atoms with E-state index in [1.807, 2.05) is 72.4 Å². The molecule has 0 aliphatic rings. The van der Waals surface area contributed by atoms with E-state index < -0.39 is 0 Å². The molecule has 3 aromatic rings. The fourth-order valence-electron chi connectivity index (χ4n) is 2.50. The highest BCUT2D eigenvalue weighted by Crippen LogP contribution is 2.11. The van der Waals surface area contributed by atoms with Crippen LogP contribution in [0.5, 0.6) is 0 Å². The molecule has 0 unspecified atom stereocenters. The number of aryl methyl sites for hydroxylation is 3. The van der Waals surface area contributed by atoms with Crippen molar-refractivity contribution in [2.24, 2.45) is 21.1 Å². The fourth-order valence-corrected chi connectivity index (χ4v) is 2.50. The van der Waals surface area contributed by atoms with E-state index in [0.29, 0.717) is 0 Å². The van der Waals surface area contributed by atoms with Crippen LogP contribution in [-0.2, 0) is 40.8 Å². The topological polar surface area (TPSA) is 56.7 Å². The highest BCUT2D eigenvalue weighted by Gasteiger charge is 2.12. The van der Waals surface area contributed by atoms with Crippen molar-refractivity contribution < 1.29 is 0 Å². The first-order valence-corrected chi connectivity index (χ1v) is 7.21. The van der Waals surface area contributed by atoms with Gasteiger partial charge in [-0.15, -0.1) is 0 Å². The molecule has 7 nitrogen and oxygen atoms in total. The van der Waals surface area contributed by atoms with Crippen LogP contribution in [-0.4, -0.2) is 33.6 Å². The van der Waals surface area contributed by atoms with Gasteiger partial charge in [-0.1, -0.05) is 0 Å². The van der Waals surface area contributed by atoms with E-state index in [1.165, 1.54) is 0 Å². The van der Waals surface area contributed by atoms with Gasteiger partial charge in [0.15, 0.2) is 0 Å². The third kappa shape index (κ3) is 3.62. The van der Waals surface area contributed by atoms with Crippen molar-refractivity contribution in [1.82, 2.24) is 33.6 Å². The molecule has 0 bridgehead atoms. The van der Waals surface area contributed by atoms with Crippen LogP contribution in [0.25, 0.3) is 0 Å². The summed E-state index contributed by atoms with van der Waals surface area (Å²) in [5.41, 5.74) is 3.15. The molecule has 0 saturated carbocycles. The lowest BCUT2D eigenvalue weighted by Gasteiger charge is -2.19. The number of nitrogens with zero attached hydrogens (tertiary/aromatic N) is 7. The molecule has 3 rings (SSSR count). The summed E-state index contributed by atoms with van der Waals surface area (Å²) in [5.74, 6) is 0. The Kier molecular flexibility index (Phi) is 4.06. The number of rotatable bonds is 6. The monoisotopic (exact) mass is 299 g/mol. The summed E-state index contributed by atoms with van der Waals surface area (Å²) in [4.78, 5) is 15.6. The zero-order valence-corrected chi connectivity index (χ0v) is 13.2. The van der Waals surface area contributed by atoms with E-state index >= 15 is 0 Å². The molecule has 0 spiro atoms. The van der Waals surface area contributed by atoms with Crippen LogP contribution in [0.3, 0.4) is 0 Å². The van der Waals surface area contributed by atoms with Crippen molar-refractivity contribution in [3.05, 3.63) is 54.7 Å². The zero-order valence-electron chi connectivity index (χ0n) is 13.2. The predicted molar refractivity (Wildman–Crippen MR) is 82.6 cm³/mol. The van der Waals surface area contributed by atoms with E-state index in [4.69, 9.17) is 0 Å². The summed E-state index contributed by atoms with van der Waals surface area (Å²) in [6.07, 6.45) is 11.6. The van der Waals surface area contributed by atoms with Crippen molar-refractivity contribution in [1.29, 1.82) is 0 Å². The fraction of sp³-hybridized carbons (Fsp3) is 0.400. The zero-order chi connectivity index (χ0) is 15.5. The van der Waals surface area contributed by atoms with Crippen LogP contribution in [0.1, 0.15) is 17.1 Å². The molecule has 7 heteroatoms. The minimum absolute atomic E-state index is 0.772. The van der Waals surface area contributed by atoms with Crippen molar-refractivity contribution in [2.75, 3.05) is 0 Å². The average Bonchev–Trinajstić information content (AvgIpc) is 3.14. The molecule has 116 valence electrons. The number of hydrogen-bond acceptors (Lipinski definition) is 4. The SMILES string of the molecule is Cn1cnc(CN(Cc2cn(C)cn2)Cc2cn(C)cn2)c1. The highest BCUT2D eigenvalue weighted by molar-refractivity contribution is 5.02. The van der Waals surface area contributed by atoms with Gasteiger partial charge in [-0.2, -0.15) is 0 Å². The third-order valence-electron chi connectivity index (χ3n) is 3.43. The Hall–Kier alpha value is -2.41. The molecule has 0 atom stereocenters. The summed E-state index contributed by atoms with van der Waals surface area (Å²) in [6, 6.07) is 0. The number of hydrogen-bond donors (Lipinski definition) is 0. The molecule has 0 aromatic carbocycles. The largest absolute Gasteiger partial charge is 0.340 e. The normalized spacial score (nSPS) is 11.5. The quantitative estimate of drug-likeness (QED) is 0.684. The Morgan fingerprint density at radius 3 is 1.23 bits per heavy atom. The van der Waals surface area contributed by atoms with E-state index in [2.05, 4.69) is 19.9 Å². The molecular formula is C15H21N7. The second-order valence-electron chi connectivity index (χ2n) is 5.74. The predicted octanol–water partition coefficient (Wildman–Crippen LogP) is 1.09. The van der Waals surface area contributed by atoms with E-state index in [1.54, 1.807) is 0 Å². The van der Waals surface area contributed by atoms with E-state index in [-0.39, 0.29) is 0 Å². The van der Waals surface area contributed by atoms with Crippen LogP contribution in [0.15, 0.2) is 37.6 Å². The van der Waals surface area contributed by atoms with E-state index in [0.717, 1.165) is 36.7 Å². The molecule has 0 fully saturated rings. The van der Waals surface area contributed by atoms with Crippen molar-refractivity contribution in [3.63, 3.8) is 0 Å². The maximum absolute atomic E-state index is 4.42. The van der Waals surface area contributed by atoms with Gasteiger partial charge in [-0.3, -0.25) is 4.90 Å². The van der Waals surface area contributed by atoms with Gasteiger partial charge >= 0.3 is 0 Å². The molecular weight excluding hydrogens is 278 g/mol. The molecule has 22 heavy (non-hydrogen) atoms. The van der Waals surface area contributed by atoms with E-state index in [9.17, 15) is 0 Å². The average molecular weight is 299 g/mol. The molecule has 0 amide bonds. The second-order valence-corrected chi connectivity index (χ2v) is 5.74. The Morgan fingerprint density at radius 2 is 1.00 bits per heavy atom. The van der Waals surface area contributed by atoms with Crippen LogP contribution < -0.4 is 0 Å². The third-order valence-corrected chi connectivity index (χ3v) is 3.43. The van der Waals surface area contributed by atoms with Gasteiger partial charge < -0.3 is 13.7 Å². The lowest BCUT2D eigenvalue weighted by atomic mass is 10.3. The first-order valence-electron chi connectivity index (χ1n) is 7.21. The van der Waals surface area contributed by atoms with Gasteiger partial charge in [0.25, 0.3) is 0 Å². The Labute approximate surface area is 129 Å². The first-order chi connectivity index (χ1) is 10.6. The minimum atomic E-state index is 0.772.